The normalized spacial score (nSPS) is 12.4. The number of amidine groups is 1. The zero-order valence-electron chi connectivity index (χ0n) is 22.4. The lowest BCUT2D eigenvalue weighted by atomic mass is 9.90. The quantitative estimate of drug-likeness (QED) is 0.203. The van der Waals surface area contributed by atoms with Crippen LogP contribution in [0.25, 0.3) is 6.08 Å². The van der Waals surface area contributed by atoms with Crippen LogP contribution >= 0.6 is 0 Å². The van der Waals surface area contributed by atoms with Crippen LogP contribution in [-0.4, -0.2) is 43.0 Å². The topological polar surface area (TPSA) is 147 Å². The number of esters is 1. The zero-order chi connectivity index (χ0) is 30.6. The maximum Gasteiger partial charge on any atom is 0.430 e. The van der Waals surface area contributed by atoms with Gasteiger partial charge < -0.3 is 20.0 Å². The third-order valence-corrected chi connectivity index (χ3v) is 5.79. The Morgan fingerprint density at radius 2 is 1.61 bits per heavy atom. The Hall–Kier alpha value is -4.93. The second kappa shape index (κ2) is 15.0. The Balaban J connectivity index is 0.000000745. The monoisotopic (exact) mass is 569 g/mol. The minimum absolute atomic E-state index is 0.199. The molecule has 0 saturated heterocycles. The molecular weight excluding hydrogens is 539 g/mol. The van der Waals surface area contributed by atoms with Crippen LogP contribution in [0.3, 0.4) is 0 Å². The largest absolute Gasteiger partial charge is 0.542 e. The number of nitrogens with one attached hydrogen (secondary N) is 1. The minimum atomic E-state index is -5.19. The minimum Gasteiger partial charge on any atom is -0.542 e. The predicted octanol–water partition coefficient (Wildman–Crippen LogP) is 1.60. The number of alkyl halides is 3. The van der Waals surface area contributed by atoms with E-state index in [0.29, 0.717) is 17.5 Å². The van der Waals surface area contributed by atoms with Gasteiger partial charge in [-0.25, -0.2) is 0 Å². The molecule has 3 rings (SSSR count). The van der Waals surface area contributed by atoms with E-state index in [2.05, 4.69) is 5.32 Å². The standard InChI is InChI=1S/C28H29N3O3.C2HF3O2/c1-19-11-14-22(15-12-19)27(32)31-25(16-13-20-7-4-3-5-8-20)24(28(33)34-2)18-21-9-6-10-23(17-21)26(29)30;3-2(4,5)1(6)7/h3-17,24-25H,18H2,1-2H3,(H3,29,30)(H,31,32);(H,6,7)/b16-13+;/t24-,25-;/m1./s1. The molecule has 3 aromatic rings. The van der Waals surface area contributed by atoms with Crippen LogP contribution in [-0.2, 0) is 20.7 Å². The molecule has 0 unspecified atom stereocenters. The van der Waals surface area contributed by atoms with Crippen molar-refractivity contribution in [2.75, 3.05) is 7.11 Å². The molecule has 0 aliphatic rings. The van der Waals surface area contributed by atoms with Crippen molar-refractivity contribution in [3.05, 3.63) is 113 Å². The van der Waals surface area contributed by atoms with Gasteiger partial charge in [0.2, 0.25) is 0 Å². The molecule has 2 atom stereocenters. The second-order valence-corrected chi connectivity index (χ2v) is 8.91. The summed E-state index contributed by atoms with van der Waals surface area (Å²) in [7, 11) is 1.34. The highest BCUT2D eigenvalue weighted by molar-refractivity contribution is 5.95. The number of ether oxygens (including phenoxy) is 1. The third kappa shape index (κ3) is 10.6. The fraction of sp³-hybridized carbons (Fsp3) is 0.200. The van der Waals surface area contributed by atoms with Gasteiger partial charge in [-0.3, -0.25) is 20.7 Å². The van der Waals surface area contributed by atoms with Gasteiger partial charge >= 0.3 is 12.1 Å². The Kier molecular flexibility index (Phi) is 11.8. The number of hydrogen-bond acceptors (Lipinski definition) is 5. The smallest absolute Gasteiger partial charge is 0.430 e. The van der Waals surface area contributed by atoms with Crippen LogP contribution in [0.1, 0.15) is 32.6 Å². The van der Waals surface area contributed by atoms with Gasteiger partial charge in [0, 0.05) is 5.56 Å². The molecule has 0 aliphatic carbocycles. The van der Waals surface area contributed by atoms with Crippen molar-refractivity contribution in [2.24, 2.45) is 11.7 Å². The molecule has 0 aliphatic heterocycles. The number of halogens is 3. The highest BCUT2D eigenvalue weighted by atomic mass is 19.4. The molecule has 5 N–H and O–H groups in total. The van der Waals surface area contributed by atoms with Gasteiger partial charge in [0.05, 0.1) is 24.6 Å². The Labute approximate surface area is 235 Å². The third-order valence-electron chi connectivity index (χ3n) is 5.79. The molecule has 0 spiro atoms. The number of carboxylic acids is 1. The summed E-state index contributed by atoms with van der Waals surface area (Å²) in [5.41, 5.74) is 9.80. The summed E-state index contributed by atoms with van der Waals surface area (Å²) >= 11 is 0. The van der Waals surface area contributed by atoms with Crippen molar-refractivity contribution >= 4 is 29.8 Å². The molecular formula is C30H30F3N3O5. The van der Waals surface area contributed by atoms with Crippen molar-refractivity contribution < 1.29 is 42.8 Å². The van der Waals surface area contributed by atoms with Crippen LogP contribution < -0.4 is 21.6 Å². The van der Waals surface area contributed by atoms with Gasteiger partial charge in [-0.15, -0.1) is 0 Å². The molecule has 8 nitrogen and oxygen atoms in total. The number of methoxy groups -OCH3 is 1. The molecule has 41 heavy (non-hydrogen) atoms. The molecule has 0 fully saturated rings. The van der Waals surface area contributed by atoms with E-state index in [-0.39, 0.29) is 11.7 Å². The number of aliphatic carboxylic acids is 1. The fourth-order valence-corrected chi connectivity index (χ4v) is 3.64. The Morgan fingerprint density at radius 1 is 1.00 bits per heavy atom. The fourth-order valence-electron chi connectivity index (χ4n) is 3.64. The van der Waals surface area contributed by atoms with E-state index in [9.17, 15) is 22.8 Å². The van der Waals surface area contributed by atoms with E-state index < -0.39 is 30.1 Å². The molecule has 0 heterocycles. The molecule has 3 aromatic carbocycles. The second-order valence-electron chi connectivity index (χ2n) is 8.91. The van der Waals surface area contributed by atoms with E-state index in [4.69, 9.17) is 25.8 Å². The van der Waals surface area contributed by atoms with Crippen molar-refractivity contribution in [3.63, 3.8) is 0 Å². The number of rotatable bonds is 9. The highest BCUT2D eigenvalue weighted by Gasteiger charge is 2.30. The molecule has 11 heteroatoms. The van der Waals surface area contributed by atoms with Gasteiger partial charge in [-0.1, -0.05) is 72.3 Å². The maximum absolute atomic E-state index is 13.1. The van der Waals surface area contributed by atoms with E-state index in [0.717, 1.165) is 16.7 Å². The Bertz CT molecular complexity index is 1370. The van der Waals surface area contributed by atoms with E-state index in [1.54, 1.807) is 18.2 Å². The number of benzene rings is 3. The lowest BCUT2D eigenvalue weighted by molar-refractivity contribution is -0.344. The summed E-state index contributed by atoms with van der Waals surface area (Å²) in [4.78, 5) is 34.7. The van der Waals surface area contributed by atoms with Gasteiger partial charge in [0.15, 0.2) is 0 Å². The van der Waals surface area contributed by atoms with Crippen LogP contribution in [0.4, 0.5) is 13.2 Å². The first kappa shape index (κ1) is 32.3. The number of nitrogens with two attached hydrogens (primary N) is 2. The highest BCUT2D eigenvalue weighted by Crippen LogP contribution is 2.19. The molecule has 1 amide bonds. The summed E-state index contributed by atoms with van der Waals surface area (Å²) in [6, 6.07) is 23.7. The lowest BCUT2D eigenvalue weighted by Gasteiger charge is -2.24. The molecule has 0 saturated carbocycles. The summed E-state index contributed by atoms with van der Waals surface area (Å²) in [5, 5.41) is 17.5. The van der Waals surface area contributed by atoms with Crippen LogP contribution in [0.5, 0.6) is 0 Å². The predicted molar refractivity (Wildman–Crippen MR) is 145 cm³/mol. The summed E-state index contributed by atoms with van der Waals surface area (Å²) in [6.07, 6.45) is -1.15. The van der Waals surface area contributed by atoms with Crippen molar-refractivity contribution in [1.82, 2.24) is 5.32 Å². The van der Waals surface area contributed by atoms with Crippen LogP contribution in [0, 0.1) is 12.8 Å². The van der Waals surface area contributed by atoms with Crippen molar-refractivity contribution in [3.8, 4) is 0 Å². The van der Waals surface area contributed by atoms with Crippen molar-refractivity contribution in [2.45, 2.75) is 25.6 Å². The SMILES string of the molecule is COC(=O)[C@H](Cc1cccc(C(N)=[NH2+])c1)[C@@H](/C=C/c1ccccc1)NC(=O)c1ccc(C)cc1.O=C([O-])C(F)(F)F. The van der Waals surface area contributed by atoms with E-state index in [1.165, 1.54) is 7.11 Å². The summed E-state index contributed by atoms with van der Waals surface area (Å²) < 4.78 is 36.7. The first-order valence-corrected chi connectivity index (χ1v) is 12.3. The first-order chi connectivity index (χ1) is 19.3. The zero-order valence-corrected chi connectivity index (χ0v) is 22.4. The van der Waals surface area contributed by atoms with Crippen LogP contribution in [0.2, 0.25) is 0 Å². The molecule has 0 radical (unpaired) electrons. The van der Waals surface area contributed by atoms with Gasteiger partial charge in [-0.05, 0) is 48.7 Å². The number of carbonyl (C=O) groups is 3. The number of carboxylic acid groups (broad SMARTS) is 1. The lowest BCUT2D eigenvalue weighted by Crippen LogP contribution is -2.46. The first-order valence-electron chi connectivity index (χ1n) is 12.3. The van der Waals surface area contributed by atoms with Crippen molar-refractivity contribution in [1.29, 1.82) is 0 Å². The average Bonchev–Trinajstić information content (AvgIpc) is 2.94. The number of aryl methyl sites for hydroxylation is 1. The molecule has 0 bridgehead atoms. The molecule has 216 valence electrons. The van der Waals surface area contributed by atoms with Gasteiger partial charge in [0.1, 0.15) is 5.97 Å². The van der Waals surface area contributed by atoms with Gasteiger partial charge in [0.25, 0.3) is 11.7 Å². The summed E-state index contributed by atoms with van der Waals surface area (Å²) in [5.74, 6) is -4.18. The van der Waals surface area contributed by atoms with Gasteiger partial charge in [-0.2, -0.15) is 13.2 Å². The average molecular weight is 570 g/mol. The Morgan fingerprint density at radius 3 is 2.15 bits per heavy atom. The van der Waals surface area contributed by atoms with Crippen LogP contribution in [0.15, 0.2) is 84.9 Å². The number of hydrogen-bond donors (Lipinski definition) is 3. The van der Waals surface area contributed by atoms with E-state index >= 15 is 0 Å². The molecule has 0 aromatic heterocycles. The number of amides is 1. The number of carbonyl (C=O) groups excluding carboxylic acids is 3. The van der Waals surface area contributed by atoms with E-state index in [1.807, 2.05) is 79.7 Å². The maximum atomic E-state index is 13.1. The summed E-state index contributed by atoms with van der Waals surface area (Å²) in [6.45, 7) is 1.96.